The van der Waals surface area contributed by atoms with Crippen LogP contribution in [0.5, 0.6) is 0 Å². The van der Waals surface area contributed by atoms with Crippen molar-refractivity contribution in [3.05, 3.63) is 0 Å². The highest BCUT2D eigenvalue weighted by Gasteiger charge is 2.21. The van der Waals surface area contributed by atoms with E-state index in [0.717, 1.165) is 0 Å². The minimum Gasteiger partial charge on any atom is -0.467 e. The third-order valence-corrected chi connectivity index (χ3v) is 1.64. The van der Waals surface area contributed by atoms with Gasteiger partial charge in [-0.15, -0.1) is 0 Å². The summed E-state index contributed by atoms with van der Waals surface area (Å²) in [7, 11) is 1.18. The molecule has 0 rings (SSSR count). The van der Waals surface area contributed by atoms with Gasteiger partial charge in [-0.3, -0.25) is 4.79 Å². The molecule has 0 aliphatic carbocycles. The van der Waals surface area contributed by atoms with Crippen LogP contribution in [0, 0.1) is 0 Å². The number of rotatable bonds is 5. The molecule has 0 heterocycles. The molecule has 1 atom stereocenters. The van der Waals surface area contributed by atoms with Gasteiger partial charge in [0.15, 0.2) is 6.04 Å². The second-order valence-electron chi connectivity index (χ2n) is 4.23. The van der Waals surface area contributed by atoms with Gasteiger partial charge in [0.2, 0.25) is 5.91 Å². The summed E-state index contributed by atoms with van der Waals surface area (Å²) >= 11 is 0. The summed E-state index contributed by atoms with van der Waals surface area (Å²) in [5, 5.41) is 11.1. The Morgan fingerprint density at radius 1 is 1.38 bits per heavy atom. The van der Waals surface area contributed by atoms with Gasteiger partial charge >= 0.3 is 5.97 Å². The van der Waals surface area contributed by atoms with E-state index in [2.05, 4.69) is 10.1 Å². The second-order valence-corrected chi connectivity index (χ2v) is 4.23. The van der Waals surface area contributed by atoms with Crippen molar-refractivity contribution >= 4 is 11.9 Å². The van der Waals surface area contributed by atoms with Gasteiger partial charge in [0, 0.05) is 0 Å². The van der Waals surface area contributed by atoms with Crippen LogP contribution in [0.4, 0.5) is 0 Å². The third kappa shape index (κ3) is 6.36. The largest absolute Gasteiger partial charge is 0.467 e. The van der Waals surface area contributed by atoms with Gasteiger partial charge in [-0.1, -0.05) is 0 Å². The summed E-state index contributed by atoms with van der Waals surface area (Å²) < 4.78 is 9.60. The molecule has 1 amide bonds. The highest BCUT2D eigenvalue weighted by molar-refractivity contribution is 5.85. The lowest BCUT2D eigenvalue weighted by Gasteiger charge is -2.20. The number of aliphatic hydroxyl groups excluding tert-OH is 1. The van der Waals surface area contributed by atoms with Gasteiger partial charge in [0.1, 0.15) is 6.61 Å². The summed E-state index contributed by atoms with van der Waals surface area (Å²) in [6.07, 6.45) is 0. The second kappa shape index (κ2) is 6.44. The van der Waals surface area contributed by atoms with Crippen molar-refractivity contribution in [1.29, 1.82) is 0 Å². The predicted octanol–water partition coefficient (Wildman–Crippen LogP) is -0.548. The van der Waals surface area contributed by atoms with Crippen LogP contribution in [0.25, 0.3) is 0 Å². The molecular formula is C10H19NO5. The van der Waals surface area contributed by atoms with Crippen LogP contribution in [0.3, 0.4) is 0 Å². The Hall–Kier alpha value is -1.14. The highest BCUT2D eigenvalue weighted by Crippen LogP contribution is 2.05. The normalized spacial score (nSPS) is 13.1. The molecule has 0 fully saturated rings. The van der Waals surface area contributed by atoms with Crippen molar-refractivity contribution in [3.8, 4) is 0 Å². The van der Waals surface area contributed by atoms with Crippen LogP contribution >= 0.6 is 0 Å². The maximum atomic E-state index is 11.3. The van der Waals surface area contributed by atoms with Crippen molar-refractivity contribution in [2.75, 3.05) is 20.3 Å². The Kier molecular flexibility index (Phi) is 5.98. The molecule has 0 aliphatic rings. The predicted molar refractivity (Wildman–Crippen MR) is 56.7 cm³/mol. The van der Waals surface area contributed by atoms with E-state index in [4.69, 9.17) is 9.84 Å². The number of hydrogen-bond donors (Lipinski definition) is 2. The minimum absolute atomic E-state index is 0.170. The molecule has 94 valence electrons. The molecule has 2 N–H and O–H groups in total. The quantitative estimate of drug-likeness (QED) is 0.622. The summed E-state index contributed by atoms with van der Waals surface area (Å²) in [4.78, 5) is 22.4. The van der Waals surface area contributed by atoms with Crippen LogP contribution in [-0.4, -0.2) is 48.9 Å². The number of ether oxygens (including phenoxy) is 2. The average molecular weight is 233 g/mol. The van der Waals surface area contributed by atoms with Crippen LogP contribution < -0.4 is 5.32 Å². The number of methoxy groups -OCH3 is 1. The van der Waals surface area contributed by atoms with Crippen LogP contribution in [0.1, 0.15) is 20.8 Å². The van der Waals surface area contributed by atoms with Crippen molar-refractivity contribution < 1.29 is 24.2 Å². The van der Waals surface area contributed by atoms with Gasteiger partial charge in [-0.25, -0.2) is 4.79 Å². The fraction of sp³-hybridized carbons (Fsp3) is 0.800. The van der Waals surface area contributed by atoms with E-state index in [1.54, 1.807) is 0 Å². The molecule has 6 nitrogen and oxygen atoms in total. The molecular weight excluding hydrogens is 214 g/mol. The summed E-state index contributed by atoms with van der Waals surface area (Å²) in [5.74, 6) is -1.16. The standard InChI is InChI=1S/C10H19NO5/c1-10(2,3)16-6-8(13)11-7(5-12)9(14)15-4/h7,12H,5-6H2,1-4H3,(H,11,13). The van der Waals surface area contributed by atoms with Crippen LogP contribution in [0.2, 0.25) is 0 Å². The number of esters is 1. The zero-order valence-electron chi connectivity index (χ0n) is 10.1. The van der Waals surface area contributed by atoms with Crippen molar-refractivity contribution in [1.82, 2.24) is 5.32 Å². The number of hydrogen-bond acceptors (Lipinski definition) is 5. The molecule has 1 unspecified atom stereocenters. The van der Waals surface area contributed by atoms with E-state index in [0.29, 0.717) is 0 Å². The first-order chi connectivity index (χ1) is 7.30. The zero-order chi connectivity index (χ0) is 12.8. The van der Waals surface area contributed by atoms with Gasteiger partial charge in [-0.05, 0) is 20.8 Å². The molecule has 0 saturated heterocycles. The Labute approximate surface area is 94.9 Å². The fourth-order valence-corrected chi connectivity index (χ4v) is 0.839. The zero-order valence-corrected chi connectivity index (χ0v) is 10.1. The molecule has 0 radical (unpaired) electrons. The highest BCUT2D eigenvalue weighted by atomic mass is 16.5. The van der Waals surface area contributed by atoms with E-state index < -0.39 is 30.1 Å². The summed E-state index contributed by atoms with van der Waals surface area (Å²) in [5.41, 5.74) is -0.433. The Morgan fingerprint density at radius 3 is 2.31 bits per heavy atom. The summed E-state index contributed by atoms with van der Waals surface area (Å²) in [6, 6.07) is -1.04. The molecule has 0 aromatic rings. The molecule has 0 bridgehead atoms. The molecule has 0 spiro atoms. The first-order valence-corrected chi connectivity index (χ1v) is 4.92. The number of aliphatic hydroxyl groups is 1. The van der Waals surface area contributed by atoms with Gasteiger partial charge in [0.25, 0.3) is 0 Å². The van der Waals surface area contributed by atoms with Gasteiger partial charge < -0.3 is 19.9 Å². The van der Waals surface area contributed by atoms with Gasteiger partial charge in [0.05, 0.1) is 19.3 Å². The molecule has 0 saturated carbocycles. The lowest BCUT2D eigenvalue weighted by atomic mass is 10.2. The maximum absolute atomic E-state index is 11.3. The fourth-order valence-electron chi connectivity index (χ4n) is 0.839. The van der Waals surface area contributed by atoms with E-state index in [9.17, 15) is 9.59 Å². The number of nitrogens with one attached hydrogen (secondary N) is 1. The Balaban J connectivity index is 4.07. The van der Waals surface area contributed by atoms with E-state index in [1.807, 2.05) is 20.8 Å². The lowest BCUT2D eigenvalue weighted by Crippen LogP contribution is -2.46. The average Bonchev–Trinajstić information content (AvgIpc) is 2.21. The lowest BCUT2D eigenvalue weighted by molar-refractivity contribution is -0.147. The molecule has 0 aliphatic heterocycles. The molecule has 6 heteroatoms. The monoisotopic (exact) mass is 233 g/mol. The third-order valence-electron chi connectivity index (χ3n) is 1.64. The van der Waals surface area contributed by atoms with Crippen LogP contribution in [-0.2, 0) is 19.1 Å². The smallest absolute Gasteiger partial charge is 0.330 e. The minimum atomic E-state index is -1.04. The Morgan fingerprint density at radius 2 is 1.94 bits per heavy atom. The molecule has 0 aromatic heterocycles. The summed E-state index contributed by atoms with van der Waals surface area (Å²) in [6.45, 7) is 4.75. The van der Waals surface area contributed by atoms with Crippen molar-refractivity contribution in [2.24, 2.45) is 0 Å². The first kappa shape index (κ1) is 14.9. The van der Waals surface area contributed by atoms with E-state index >= 15 is 0 Å². The SMILES string of the molecule is COC(=O)C(CO)NC(=O)COC(C)(C)C. The van der Waals surface area contributed by atoms with Crippen LogP contribution in [0.15, 0.2) is 0 Å². The number of carbonyl (C=O) groups is 2. The number of carbonyl (C=O) groups excluding carboxylic acids is 2. The molecule has 16 heavy (non-hydrogen) atoms. The topological polar surface area (TPSA) is 84.9 Å². The van der Waals surface area contributed by atoms with E-state index in [-0.39, 0.29) is 6.61 Å². The van der Waals surface area contributed by atoms with Crippen molar-refractivity contribution in [3.63, 3.8) is 0 Å². The Bertz CT molecular complexity index is 246. The first-order valence-electron chi connectivity index (χ1n) is 4.92. The van der Waals surface area contributed by atoms with Gasteiger partial charge in [-0.2, -0.15) is 0 Å². The van der Waals surface area contributed by atoms with E-state index in [1.165, 1.54) is 7.11 Å². The number of amides is 1. The van der Waals surface area contributed by atoms with Crippen molar-refractivity contribution in [2.45, 2.75) is 32.4 Å². The maximum Gasteiger partial charge on any atom is 0.330 e. The molecule has 0 aromatic carbocycles.